The van der Waals surface area contributed by atoms with Gasteiger partial charge in [-0.2, -0.15) is 9.49 Å². The number of aromatic nitrogens is 2. The summed E-state index contributed by atoms with van der Waals surface area (Å²) in [5, 5.41) is 3.66. The molecule has 0 aliphatic rings. The molecule has 0 unspecified atom stereocenters. The van der Waals surface area contributed by atoms with Crippen molar-refractivity contribution in [2.45, 2.75) is 20.8 Å². The van der Waals surface area contributed by atoms with Crippen LogP contribution in [0, 0.1) is 12.9 Å². The quantitative estimate of drug-likeness (QED) is 0.543. The average molecular weight is 144 g/mol. The lowest BCUT2D eigenvalue weighted by molar-refractivity contribution is 0.499. The number of hydrogen-bond donors (Lipinski definition) is 0. The van der Waals surface area contributed by atoms with Crippen LogP contribution in [0.25, 0.3) is 0 Å². The fraction of sp³-hybridized carbons (Fsp3) is 0.571. The smallest absolute Gasteiger partial charge is 0.214 e. The molecule has 0 fully saturated rings. The van der Waals surface area contributed by atoms with E-state index in [0.717, 1.165) is 0 Å². The van der Waals surface area contributed by atoms with E-state index in [-0.39, 0.29) is 5.95 Å². The number of aryl methyl sites for hydroxylation is 2. The molecular formula is C7H13FN2. The van der Waals surface area contributed by atoms with Crippen molar-refractivity contribution >= 4 is 0 Å². The summed E-state index contributed by atoms with van der Waals surface area (Å²) in [5.74, 6) is -0.259. The monoisotopic (exact) mass is 144 g/mol. The van der Waals surface area contributed by atoms with Crippen LogP contribution in [0.15, 0.2) is 6.20 Å². The molecule has 1 aromatic heterocycles. The molecule has 0 saturated heterocycles. The maximum absolute atomic E-state index is 12.4. The van der Waals surface area contributed by atoms with Crippen LogP contribution in [0.3, 0.4) is 0 Å². The van der Waals surface area contributed by atoms with Gasteiger partial charge < -0.3 is 0 Å². The Morgan fingerprint density at radius 3 is 2.10 bits per heavy atom. The van der Waals surface area contributed by atoms with Gasteiger partial charge in [0.05, 0.1) is 6.20 Å². The van der Waals surface area contributed by atoms with E-state index in [1.54, 1.807) is 14.0 Å². The summed E-state index contributed by atoms with van der Waals surface area (Å²) in [6.45, 7) is 5.68. The Morgan fingerprint density at radius 1 is 1.50 bits per heavy atom. The van der Waals surface area contributed by atoms with Gasteiger partial charge in [0.1, 0.15) is 0 Å². The zero-order valence-electron chi connectivity index (χ0n) is 6.85. The van der Waals surface area contributed by atoms with Gasteiger partial charge in [-0.3, -0.25) is 0 Å². The number of hydrogen-bond acceptors (Lipinski definition) is 1. The Morgan fingerprint density at radius 2 is 2.00 bits per heavy atom. The van der Waals surface area contributed by atoms with Crippen molar-refractivity contribution in [3.63, 3.8) is 0 Å². The van der Waals surface area contributed by atoms with E-state index in [1.165, 1.54) is 10.9 Å². The van der Waals surface area contributed by atoms with Gasteiger partial charge in [0.2, 0.25) is 5.95 Å². The minimum absolute atomic E-state index is 0.259. The molecule has 1 aromatic rings. The molecule has 0 radical (unpaired) electrons. The van der Waals surface area contributed by atoms with E-state index in [2.05, 4.69) is 5.10 Å². The minimum atomic E-state index is -0.259. The van der Waals surface area contributed by atoms with E-state index in [0.29, 0.717) is 5.56 Å². The highest BCUT2D eigenvalue weighted by Crippen LogP contribution is 2.00. The van der Waals surface area contributed by atoms with Gasteiger partial charge in [-0.25, -0.2) is 4.68 Å². The van der Waals surface area contributed by atoms with Crippen LogP contribution >= 0.6 is 0 Å². The largest absolute Gasteiger partial charge is 0.243 e. The highest BCUT2D eigenvalue weighted by Gasteiger charge is 1.98. The van der Waals surface area contributed by atoms with Crippen molar-refractivity contribution in [2.24, 2.45) is 7.05 Å². The Balaban J connectivity index is 0.000000371. The SMILES string of the molecule is CC.Cc1cnn(C)c1F. The molecule has 0 aliphatic heterocycles. The molecule has 3 heteroatoms. The van der Waals surface area contributed by atoms with E-state index >= 15 is 0 Å². The zero-order valence-corrected chi connectivity index (χ0v) is 6.85. The van der Waals surface area contributed by atoms with Crippen LogP contribution in [0.1, 0.15) is 19.4 Å². The number of halogens is 1. The first kappa shape index (κ1) is 9.14. The Labute approximate surface area is 60.7 Å². The van der Waals surface area contributed by atoms with Crippen molar-refractivity contribution in [1.82, 2.24) is 9.78 Å². The molecule has 0 saturated carbocycles. The van der Waals surface area contributed by atoms with Gasteiger partial charge in [-0.15, -0.1) is 0 Å². The van der Waals surface area contributed by atoms with Crippen molar-refractivity contribution in [3.8, 4) is 0 Å². The summed E-state index contributed by atoms with van der Waals surface area (Å²) in [6.07, 6.45) is 1.50. The molecule has 1 heterocycles. The first-order valence-corrected chi connectivity index (χ1v) is 3.36. The average Bonchev–Trinajstić information content (AvgIpc) is 2.25. The molecule has 0 aliphatic carbocycles. The lowest BCUT2D eigenvalue weighted by Crippen LogP contribution is -1.93. The molecular weight excluding hydrogens is 131 g/mol. The summed E-state index contributed by atoms with van der Waals surface area (Å²) in [4.78, 5) is 0. The lowest BCUT2D eigenvalue weighted by atomic mass is 10.4. The van der Waals surface area contributed by atoms with Gasteiger partial charge in [-0.05, 0) is 6.92 Å². The van der Waals surface area contributed by atoms with Gasteiger partial charge in [0.15, 0.2) is 0 Å². The zero-order chi connectivity index (χ0) is 8.15. The van der Waals surface area contributed by atoms with Crippen molar-refractivity contribution < 1.29 is 4.39 Å². The summed E-state index contributed by atoms with van der Waals surface area (Å²) >= 11 is 0. The van der Waals surface area contributed by atoms with E-state index in [9.17, 15) is 4.39 Å². The molecule has 1 rings (SSSR count). The summed E-state index contributed by atoms with van der Waals surface area (Å²) < 4.78 is 13.6. The fourth-order valence-electron chi connectivity index (χ4n) is 0.532. The highest BCUT2D eigenvalue weighted by atomic mass is 19.1. The van der Waals surface area contributed by atoms with Gasteiger partial charge in [0.25, 0.3) is 0 Å². The maximum Gasteiger partial charge on any atom is 0.214 e. The topological polar surface area (TPSA) is 17.8 Å². The predicted octanol–water partition coefficient (Wildman–Crippen LogP) is 1.89. The molecule has 58 valence electrons. The molecule has 0 amide bonds. The van der Waals surface area contributed by atoms with Gasteiger partial charge in [-0.1, -0.05) is 13.8 Å². The Hall–Kier alpha value is -0.860. The van der Waals surface area contributed by atoms with Crippen LogP contribution in [0.5, 0.6) is 0 Å². The summed E-state index contributed by atoms with van der Waals surface area (Å²) in [6, 6.07) is 0. The predicted molar refractivity (Wildman–Crippen MR) is 39.3 cm³/mol. The fourth-order valence-corrected chi connectivity index (χ4v) is 0.532. The molecule has 10 heavy (non-hydrogen) atoms. The van der Waals surface area contributed by atoms with Crippen LogP contribution in [-0.4, -0.2) is 9.78 Å². The van der Waals surface area contributed by atoms with Crippen LogP contribution in [-0.2, 0) is 7.05 Å². The van der Waals surface area contributed by atoms with Crippen LogP contribution < -0.4 is 0 Å². The lowest BCUT2D eigenvalue weighted by Gasteiger charge is -1.86. The first-order chi connectivity index (χ1) is 4.72. The Bertz CT molecular complexity index is 174. The summed E-state index contributed by atoms with van der Waals surface area (Å²) in [7, 11) is 1.57. The highest BCUT2D eigenvalue weighted by molar-refractivity contribution is 5.01. The van der Waals surface area contributed by atoms with E-state index < -0.39 is 0 Å². The molecule has 0 atom stereocenters. The third-order valence-corrected chi connectivity index (χ3v) is 1.03. The second-order valence-corrected chi connectivity index (χ2v) is 1.74. The molecule has 0 bridgehead atoms. The van der Waals surface area contributed by atoms with Crippen molar-refractivity contribution in [2.75, 3.05) is 0 Å². The molecule has 0 spiro atoms. The van der Waals surface area contributed by atoms with Gasteiger partial charge in [0, 0.05) is 12.6 Å². The van der Waals surface area contributed by atoms with Gasteiger partial charge >= 0.3 is 0 Å². The number of nitrogens with zero attached hydrogens (tertiary/aromatic N) is 2. The van der Waals surface area contributed by atoms with Crippen molar-refractivity contribution in [3.05, 3.63) is 17.7 Å². The maximum atomic E-state index is 12.4. The minimum Gasteiger partial charge on any atom is -0.243 e. The second kappa shape index (κ2) is 4.04. The van der Waals surface area contributed by atoms with Crippen LogP contribution in [0.2, 0.25) is 0 Å². The van der Waals surface area contributed by atoms with Crippen molar-refractivity contribution in [1.29, 1.82) is 0 Å². The first-order valence-electron chi connectivity index (χ1n) is 3.36. The molecule has 0 N–H and O–H groups in total. The third-order valence-electron chi connectivity index (χ3n) is 1.03. The van der Waals surface area contributed by atoms with E-state index in [1.807, 2.05) is 13.8 Å². The normalized spacial score (nSPS) is 8.50. The third kappa shape index (κ3) is 1.83. The molecule has 0 aromatic carbocycles. The second-order valence-electron chi connectivity index (χ2n) is 1.74. The summed E-state index contributed by atoms with van der Waals surface area (Å²) in [5.41, 5.74) is 0.590. The number of rotatable bonds is 0. The standard InChI is InChI=1S/C5H7FN2.C2H6/c1-4-3-7-8(2)5(4)6;1-2/h3H,1-2H3;1-2H3. The Kier molecular flexibility index (Phi) is 3.69. The molecule has 2 nitrogen and oxygen atoms in total. The van der Waals surface area contributed by atoms with Crippen LogP contribution in [0.4, 0.5) is 4.39 Å². The van der Waals surface area contributed by atoms with E-state index in [4.69, 9.17) is 0 Å².